The molecule has 0 aromatic carbocycles. The highest BCUT2D eigenvalue weighted by atomic mass is 16.2. The van der Waals surface area contributed by atoms with Crippen molar-refractivity contribution in [1.29, 1.82) is 0 Å². The molecule has 0 spiro atoms. The van der Waals surface area contributed by atoms with Crippen molar-refractivity contribution in [1.82, 2.24) is 19.8 Å². The molecule has 2 aliphatic heterocycles. The molecular weight excluding hydrogens is 302 g/mol. The molecule has 3 rings (SSSR count). The largest absolute Gasteiger partial charge is 0.367 e. The van der Waals surface area contributed by atoms with Gasteiger partial charge in [0.15, 0.2) is 0 Å². The molecule has 1 aromatic heterocycles. The molecule has 0 saturated carbocycles. The number of nitrogens with one attached hydrogen (secondary N) is 1. The van der Waals surface area contributed by atoms with Crippen LogP contribution in [0.1, 0.15) is 44.2 Å². The summed E-state index contributed by atoms with van der Waals surface area (Å²) in [7, 11) is 0. The zero-order valence-corrected chi connectivity index (χ0v) is 14.7. The van der Waals surface area contributed by atoms with Crippen molar-refractivity contribution in [3.63, 3.8) is 0 Å². The third-order valence-electron chi connectivity index (χ3n) is 5.10. The van der Waals surface area contributed by atoms with Crippen molar-refractivity contribution < 1.29 is 4.79 Å². The monoisotopic (exact) mass is 331 g/mol. The molecule has 6 nitrogen and oxygen atoms in total. The summed E-state index contributed by atoms with van der Waals surface area (Å²) < 4.78 is 0. The number of carbonyl (C=O) groups excluding carboxylic acids is 1. The number of hydrogen-bond donors (Lipinski definition) is 1. The van der Waals surface area contributed by atoms with Crippen molar-refractivity contribution in [3.8, 4) is 0 Å². The number of amides is 1. The molecule has 6 heteroatoms. The van der Waals surface area contributed by atoms with Gasteiger partial charge in [0.2, 0.25) is 5.91 Å². The molecule has 0 bridgehead atoms. The Morgan fingerprint density at radius 1 is 1.12 bits per heavy atom. The summed E-state index contributed by atoms with van der Waals surface area (Å²) in [6, 6.07) is 2.48. The molecule has 24 heavy (non-hydrogen) atoms. The molecule has 1 N–H and O–H groups in total. The second-order valence-corrected chi connectivity index (χ2v) is 7.00. The molecule has 1 amide bonds. The van der Waals surface area contributed by atoms with Crippen LogP contribution in [0, 0.1) is 6.92 Å². The number of piperidine rings is 1. The third kappa shape index (κ3) is 4.90. The lowest BCUT2D eigenvalue weighted by molar-refractivity contribution is -0.130. The zero-order chi connectivity index (χ0) is 16.8. The van der Waals surface area contributed by atoms with E-state index in [4.69, 9.17) is 0 Å². The summed E-state index contributed by atoms with van der Waals surface area (Å²) in [5.41, 5.74) is 0.993. The van der Waals surface area contributed by atoms with E-state index in [0.29, 0.717) is 11.9 Å². The van der Waals surface area contributed by atoms with E-state index in [1.807, 2.05) is 13.0 Å². The van der Waals surface area contributed by atoms with E-state index < -0.39 is 0 Å². The molecule has 0 unspecified atom stereocenters. The van der Waals surface area contributed by atoms with E-state index >= 15 is 0 Å². The minimum atomic E-state index is 0.350. The molecular formula is C18H29N5O. The van der Waals surface area contributed by atoms with E-state index in [1.54, 1.807) is 6.33 Å². The van der Waals surface area contributed by atoms with Gasteiger partial charge >= 0.3 is 0 Å². The van der Waals surface area contributed by atoms with Crippen molar-refractivity contribution in [2.45, 2.75) is 51.5 Å². The van der Waals surface area contributed by atoms with Crippen LogP contribution in [0.4, 0.5) is 5.82 Å². The lowest BCUT2D eigenvalue weighted by Gasteiger charge is -2.34. The third-order valence-corrected chi connectivity index (χ3v) is 5.10. The normalized spacial score (nSPS) is 20.9. The minimum Gasteiger partial charge on any atom is -0.367 e. The first-order valence-corrected chi connectivity index (χ1v) is 9.26. The predicted octanol–water partition coefficient (Wildman–Crippen LogP) is 2.06. The van der Waals surface area contributed by atoms with E-state index in [9.17, 15) is 4.79 Å². The number of carbonyl (C=O) groups is 1. The maximum atomic E-state index is 12.1. The van der Waals surface area contributed by atoms with Gasteiger partial charge in [0, 0.05) is 56.9 Å². The fourth-order valence-electron chi connectivity index (χ4n) is 3.58. The number of hydrogen-bond acceptors (Lipinski definition) is 5. The maximum absolute atomic E-state index is 12.1. The first-order chi connectivity index (χ1) is 11.7. The standard InChI is InChI=1S/C18H29N5O/c1-15-13-17(20-14-19-15)21-16-6-9-22(10-7-16)11-12-23-8-4-2-3-5-18(23)24/h13-14,16H,2-12H2,1H3,(H,19,20,21). The van der Waals surface area contributed by atoms with Gasteiger partial charge in [-0.25, -0.2) is 9.97 Å². The second-order valence-electron chi connectivity index (χ2n) is 7.00. The highest BCUT2D eigenvalue weighted by molar-refractivity contribution is 5.76. The minimum absolute atomic E-state index is 0.350. The topological polar surface area (TPSA) is 61.4 Å². The maximum Gasteiger partial charge on any atom is 0.222 e. The van der Waals surface area contributed by atoms with Gasteiger partial charge in [-0.05, 0) is 32.6 Å². The molecule has 0 atom stereocenters. The number of aryl methyl sites for hydroxylation is 1. The first-order valence-electron chi connectivity index (χ1n) is 9.26. The fourth-order valence-corrected chi connectivity index (χ4v) is 3.58. The lowest BCUT2D eigenvalue weighted by Crippen LogP contribution is -2.44. The summed E-state index contributed by atoms with van der Waals surface area (Å²) in [6.07, 6.45) is 8.02. The van der Waals surface area contributed by atoms with Crippen LogP contribution in [0.3, 0.4) is 0 Å². The van der Waals surface area contributed by atoms with Gasteiger partial charge in [0.05, 0.1) is 0 Å². The number of anilines is 1. The van der Waals surface area contributed by atoms with Gasteiger partial charge < -0.3 is 15.1 Å². The number of likely N-dealkylation sites (tertiary alicyclic amines) is 2. The molecule has 2 fully saturated rings. The van der Waals surface area contributed by atoms with Crippen LogP contribution < -0.4 is 5.32 Å². The smallest absolute Gasteiger partial charge is 0.222 e. The average Bonchev–Trinajstić information content (AvgIpc) is 2.79. The Balaban J connectivity index is 1.39. The molecule has 0 aliphatic carbocycles. The summed E-state index contributed by atoms with van der Waals surface area (Å²) >= 11 is 0. The lowest BCUT2D eigenvalue weighted by atomic mass is 10.1. The summed E-state index contributed by atoms with van der Waals surface area (Å²) in [5, 5.41) is 3.52. The van der Waals surface area contributed by atoms with Gasteiger partial charge in [0.1, 0.15) is 12.1 Å². The summed E-state index contributed by atoms with van der Waals surface area (Å²) in [5.74, 6) is 1.28. The van der Waals surface area contributed by atoms with Crippen LogP contribution in [0.15, 0.2) is 12.4 Å². The number of rotatable bonds is 5. The van der Waals surface area contributed by atoms with Crippen LogP contribution in [-0.2, 0) is 4.79 Å². The van der Waals surface area contributed by atoms with Crippen molar-refractivity contribution in [2.75, 3.05) is 38.0 Å². The van der Waals surface area contributed by atoms with Gasteiger partial charge in [-0.15, -0.1) is 0 Å². The van der Waals surface area contributed by atoms with Crippen LogP contribution in [0.25, 0.3) is 0 Å². The summed E-state index contributed by atoms with van der Waals surface area (Å²) in [6.45, 7) is 7.00. The summed E-state index contributed by atoms with van der Waals surface area (Å²) in [4.78, 5) is 25.0. The van der Waals surface area contributed by atoms with E-state index in [-0.39, 0.29) is 0 Å². The molecule has 3 heterocycles. The van der Waals surface area contributed by atoms with Crippen LogP contribution in [0.5, 0.6) is 0 Å². The van der Waals surface area contributed by atoms with Crippen molar-refractivity contribution in [2.24, 2.45) is 0 Å². The fraction of sp³-hybridized carbons (Fsp3) is 0.722. The highest BCUT2D eigenvalue weighted by Crippen LogP contribution is 2.16. The molecule has 2 aliphatic rings. The second kappa shape index (κ2) is 8.42. The van der Waals surface area contributed by atoms with E-state index in [0.717, 1.165) is 76.3 Å². The van der Waals surface area contributed by atoms with Gasteiger partial charge in [0.25, 0.3) is 0 Å². The van der Waals surface area contributed by atoms with Crippen LogP contribution >= 0.6 is 0 Å². The van der Waals surface area contributed by atoms with Gasteiger partial charge in [-0.1, -0.05) is 6.42 Å². The predicted molar refractivity (Wildman–Crippen MR) is 94.9 cm³/mol. The zero-order valence-electron chi connectivity index (χ0n) is 14.7. The highest BCUT2D eigenvalue weighted by Gasteiger charge is 2.21. The Labute approximate surface area is 144 Å². The Hall–Kier alpha value is -1.69. The Morgan fingerprint density at radius 3 is 2.75 bits per heavy atom. The van der Waals surface area contributed by atoms with E-state index in [2.05, 4.69) is 25.1 Å². The van der Waals surface area contributed by atoms with Gasteiger partial charge in [-0.3, -0.25) is 4.79 Å². The Bertz CT molecular complexity index is 542. The van der Waals surface area contributed by atoms with Crippen LogP contribution in [0.2, 0.25) is 0 Å². The van der Waals surface area contributed by atoms with Gasteiger partial charge in [-0.2, -0.15) is 0 Å². The van der Waals surface area contributed by atoms with Crippen molar-refractivity contribution in [3.05, 3.63) is 18.1 Å². The quantitative estimate of drug-likeness (QED) is 0.895. The van der Waals surface area contributed by atoms with Crippen LogP contribution in [-0.4, -0.2) is 64.4 Å². The molecule has 132 valence electrons. The molecule has 2 saturated heterocycles. The molecule has 0 radical (unpaired) electrons. The van der Waals surface area contributed by atoms with E-state index in [1.165, 1.54) is 6.42 Å². The average molecular weight is 331 g/mol. The Morgan fingerprint density at radius 2 is 1.96 bits per heavy atom. The molecule has 1 aromatic rings. The van der Waals surface area contributed by atoms with Crippen molar-refractivity contribution >= 4 is 11.7 Å². The SMILES string of the molecule is Cc1cc(NC2CCN(CCN3CCCCCC3=O)CC2)ncn1. The number of nitrogens with zero attached hydrogens (tertiary/aromatic N) is 4. The Kier molecular flexibility index (Phi) is 6.01. The first kappa shape index (κ1) is 17.1. The number of aromatic nitrogens is 2.